The number of aryl methyl sites for hydroxylation is 1. The van der Waals surface area contributed by atoms with Crippen molar-refractivity contribution in [1.29, 1.82) is 0 Å². The number of nitrogens with zero attached hydrogens (tertiary/aromatic N) is 2. The fourth-order valence-electron chi connectivity index (χ4n) is 1.76. The highest BCUT2D eigenvalue weighted by Gasteiger charge is 2.31. The monoisotopic (exact) mass is 319 g/mol. The summed E-state index contributed by atoms with van der Waals surface area (Å²) in [5.74, 6) is -0.301. The molecule has 0 aliphatic rings. The van der Waals surface area contributed by atoms with Crippen LogP contribution in [0.5, 0.6) is 0 Å². The van der Waals surface area contributed by atoms with E-state index in [0.29, 0.717) is 12.1 Å². The Balaban J connectivity index is 2.24. The van der Waals surface area contributed by atoms with Crippen molar-refractivity contribution in [3.05, 3.63) is 42.2 Å². The Morgan fingerprint density at radius 3 is 2.52 bits per heavy atom. The average Bonchev–Trinajstić information content (AvgIpc) is 2.88. The van der Waals surface area contributed by atoms with Crippen molar-refractivity contribution < 1.29 is 21.6 Å². The molecule has 0 saturated heterocycles. The Labute approximate surface area is 119 Å². The maximum atomic E-state index is 12.5. The lowest BCUT2D eigenvalue weighted by Gasteiger charge is -2.11. The first-order valence-corrected chi connectivity index (χ1v) is 7.52. The molecule has 9 heteroatoms. The van der Waals surface area contributed by atoms with Crippen molar-refractivity contribution in [1.82, 2.24) is 9.78 Å². The van der Waals surface area contributed by atoms with Gasteiger partial charge >= 0.3 is 6.18 Å². The molecule has 2 aromatic rings. The lowest BCUT2D eigenvalue weighted by Crippen LogP contribution is -2.16. The van der Waals surface area contributed by atoms with E-state index in [0.717, 1.165) is 6.07 Å². The van der Waals surface area contributed by atoms with Crippen LogP contribution in [0.1, 0.15) is 5.56 Å². The van der Waals surface area contributed by atoms with Crippen LogP contribution in [0.25, 0.3) is 0 Å². The van der Waals surface area contributed by atoms with E-state index in [4.69, 9.17) is 5.73 Å². The number of aromatic nitrogens is 2. The highest BCUT2D eigenvalue weighted by atomic mass is 32.2. The fourth-order valence-corrected chi connectivity index (χ4v) is 3.11. The number of rotatable bonds is 4. The fraction of sp³-hybridized carbons (Fsp3) is 0.250. The van der Waals surface area contributed by atoms with Gasteiger partial charge in [-0.25, -0.2) is 8.42 Å². The molecular weight excluding hydrogens is 307 g/mol. The molecule has 114 valence electrons. The number of sulfone groups is 1. The summed E-state index contributed by atoms with van der Waals surface area (Å²) in [5, 5.41) is 3.85. The van der Waals surface area contributed by atoms with E-state index < -0.39 is 27.3 Å². The van der Waals surface area contributed by atoms with Gasteiger partial charge in [-0.05, 0) is 24.3 Å². The normalized spacial score (nSPS) is 12.5. The molecule has 2 N–H and O–H groups in total. The lowest BCUT2D eigenvalue weighted by atomic mass is 10.2. The number of hydrogen-bond donors (Lipinski definition) is 1. The Hall–Kier alpha value is -2.03. The van der Waals surface area contributed by atoms with Crippen molar-refractivity contribution in [2.45, 2.75) is 17.6 Å². The smallest absolute Gasteiger partial charge is 0.398 e. The van der Waals surface area contributed by atoms with Crippen LogP contribution in [0.15, 0.2) is 41.6 Å². The van der Waals surface area contributed by atoms with Gasteiger partial charge in [0.25, 0.3) is 0 Å². The predicted molar refractivity (Wildman–Crippen MR) is 70.1 cm³/mol. The van der Waals surface area contributed by atoms with Crippen LogP contribution in [0.3, 0.4) is 0 Å². The van der Waals surface area contributed by atoms with E-state index in [9.17, 15) is 21.6 Å². The average molecular weight is 319 g/mol. The Kier molecular flexibility index (Phi) is 3.95. The Morgan fingerprint density at radius 2 is 2.00 bits per heavy atom. The van der Waals surface area contributed by atoms with Crippen LogP contribution in [-0.4, -0.2) is 24.0 Å². The molecule has 0 fully saturated rings. The van der Waals surface area contributed by atoms with Crippen LogP contribution in [-0.2, 0) is 22.6 Å². The van der Waals surface area contributed by atoms with E-state index in [-0.39, 0.29) is 17.2 Å². The topological polar surface area (TPSA) is 78.0 Å². The molecule has 0 aliphatic carbocycles. The van der Waals surface area contributed by atoms with Crippen LogP contribution in [0.2, 0.25) is 0 Å². The van der Waals surface area contributed by atoms with Crippen molar-refractivity contribution in [2.75, 3.05) is 11.5 Å². The maximum absolute atomic E-state index is 12.5. The van der Waals surface area contributed by atoms with Crippen LogP contribution < -0.4 is 5.73 Å². The standard InChI is InChI=1S/C12H12F3N3O2S/c13-12(14,15)9-2-3-11(10(16)8-9)21(19,20)7-6-18-5-1-4-17-18/h1-5,8H,6-7,16H2. The van der Waals surface area contributed by atoms with Crippen molar-refractivity contribution in [2.24, 2.45) is 0 Å². The van der Waals surface area contributed by atoms with E-state index >= 15 is 0 Å². The van der Waals surface area contributed by atoms with Gasteiger partial charge in [-0.2, -0.15) is 18.3 Å². The summed E-state index contributed by atoms with van der Waals surface area (Å²) < 4.78 is 63.2. The first-order chi connectivity index (χ1) is 9.70. The minimum atomic E-state index is -4.56. The van der Waals surface area contributed by atoms with Gasteiger partial charge in [-0.3, -0.25) is 4.68 Å². The van der Waals surface area contributed by atoms with Crippen LogP contribution >= 0.6 is 0 Å². The highest BCUT2D eigenvalue weighted by Crippen LogP contribution is 2.32. The molecule has 0 bridgehead atoms. The largest absolute Gasteiger partial charge is 0.416 e. The Morgan fingerprint density at radius 1 is 1.29 bits per heavy atom. The maximum Gasteiger partial charge on any atom is 0.416 e. The summed E-state index contributed by atoms with van der Waals surface area (Å²) in [7, 11) is -3.78. The van der Waals surface area contributed by atoms with E-state index in [1.54, 1.807) is 12.3 Å². The summed E-state index contributed by atoms with van der Waals surface area (Å²) >= 11 is 0. The molecule has 0 spiro atoms. The SMILES string of the molecule is Nc1cc(C(F)(F)F)ccc1S(=O)(=O)CCn1cccn1. The summed E-state index contributed by atoms with van der Waals surface area (Å²) in [5.41, 5.74) is 4.06. The number of nitrogens with two attached hydrogens (primary N) is 1. The minimum Gasteiger partial charge on any atom is -0.398 e. The van der Waals surface area contributed by atoms with Gasteiger partial charge in [-0.15, -0.1) is 0 Å². The molecule has 0 amide bonds. The molecule has 0 aliphatic heterocycles. The number of halogens is 3. The molecule has 1 heterocycles. The predicted octanol–water partition coefficient (Wildman–Crippen LogP) is 1.96. The number of alkyl halides is 3. The van der Waals surface area contributed by atoms with Gasteiger partial charge in [0.05, 0.1) is 28.4 Å². The van der Waals surface area contributed by atoms with Gasteiger partial charge in [0.2, 0.25) is 0 Å². The first kappa shape index (κ1) is 15.4. The van der Waals surface area contributed by atoms with Gasteiger partial charge in [0, 0.05) is 12.4 Å². The number of benzene rings is 1. The zero-order valence-corrected chi connectivity index (χ0v) is 11.5. The molecule has 0 unspecified atom stereocenters. The van der Waals surface area contributed by atoms with E-state index in [1.165, 1.54) is 10.9 Å². The molecule has 0 radical (unpaired) electrons. The van der Waals surface area contributed by atoms with Crippen LogP contribution in [0.4, 0.5) is 18.9 Å². The van der Waals surface area contributed by atoms with Gasteiger partial charge in [0.15, 0.2) is 9.84 Å². The third-order valence-corrected chi connectivity index (χ3v) is 4.58. The van der Waals surface area contributed by atoms with Gasteiger partial charge < -0.3 is 5.73 Å². The van der Waals surface area contributed by atoms with E-state index in [2.05, 4.69) is 5.10 Å². The third-order valence-electron chi connectivity index (χ3n) is 2.82. The quantitative estimate of drug-likeness (QED) is 0.874. The summed E-state index contributed by atoms with van der Waals surface area (Å²) in [4.78, 5) is -0.303. The first-order valence-electron chi connectivity index (χ1n) is 5.87. The number of hydrogen-bond acceptors (Lipinski definition) is 4. The second-order valence-corrected chi connectivity index (χ2v) is 6.42. The summed E-state index contributed by atoms with van der Waals surface area (Å²) in [6.07, 6.45) is -1.48. The second kappa shape index (κ2) is 5.40. The third kappa shape index (κ3) is 3.54. The van der Waals surface area contributed by atoms with Crippen molar-refractivity contribution >= 4 is 15.5 Å². The molecule has 0 atom stereocenters. The molecule has 1 aromatic heterocycles. The molecule has 5 nitrogen and oxygen atoms in total. The lowest BCUT2D eigenvalue weighted by molar-refractivity contribution is -0.137. The molecule has 21 heavy (non-hydrogen) atoms. The molecule has 1 aromatic carbocycles. The molecule has 0 saturated carbocycles. The van der Waals surface area contributed by atoms with Gasteiger partial charge in [-0.1, -0.05) is 0 Å². The van der Waals surface area contributed by atoms with E-state index in [1.807, 2.05) is 0 Å². The minimum absolute atomic E-state index is 0.0931. The molecule has 2 rings (SSSR count). The highest BCUT2D eigenvalue weighted by molar-refractivity contribution is 7.91. The summed E-state index contributed by atoms with van der Waals surface area (Å²) in [6, 6.07) is 3.85. The zero-order chi connectivity index (χ0) is 15.7. The van der Waals surface area contributed by atoms with Gasteiger partial charge in [0.1, 0.15) is 0 Å². The number of nitrogen functional groups attached to an aromatic ring is 1. The zero-order valence-electron chi connectivity index (χ0n) is 10.7. The van der Waals surface area contributed by atoms with Crippen LogP contribution in [0, 0.1) is 0 Å². The second-order valence-electron chi connectivity index (χ2n) is 4.34. The molecular formula is C12H12F3N3O2S. The van der Waals surface area contributed by atoms with Crippen molar-refractivity contribution in [3.63, 3.8) is 0 Å². The Bertz CT molecular complexity index is 725. The number of anilines is 1. The van der Waals surface area contributed by atoms with Crippen molar-refractivity contribution in [3.8, 4) is 0 Å². The summed E-state index contributed by atoms with van der Waals surface area (Å²) in [6.45, 7) is 0.0931.